The Bertz CT molecular complexity index is 1370. The summed E-state index contributed by atoms with van der Waals surface area (Å²) in [5.41, 5.74) is 1.75. The van der Waals surface area contributed by atoms with Crippen LogP contribution in [0.25, 0.3) is 0 Å². The molecule has 3 aromatic carbocycles. The normalized spacial score (nSPS) is 14.3. The number of para-hydroxylation sites is 1. The Kier molecular flexibility index (Phi) is 11.7. The summed E-state index contributed by atoms with van der Waals surface area (Å²) >= 11 is 1.55. The minimum atomic E-state index is -0.412. The molecule has 0 radical (unpaired) electrons. The molecule has 43 heavy (non-hydrogen) atoms. The number of hydrogen-bond acceptors (Lipinski definition) is 9. The Morgan fingerprint density at radius 3 is 2.21 bits per heavy atom. The van der Waals surface area contributed by atoms with Gasteiger partial charge in [0, 0.05) is 24.1 Å². The van der Waals surface area contributed by atoms with Gasteiger partial charge in [0.25, 0.3) is 0 Å². The number of carbonyl (C=O) groups is 1. The van der Waals surface area contributed by atoms with E-state index in [1.165, 1.54) is 0 Å². The van der Waals surface area contributed by atoms with Gasteiger partial charge in [0.2, 0.25) is 17.4 Å². The van der Waals surface area contributed by atoms with Gasteiger partial charge in [-0.1, -0.05) is 19.1 Å². The average Bonchev–Trinajstić information content (AvgIpc) is 3.04. The molecular weight excluding hydrogens is 568 g/mol. The van der Waals surface area contributed by atoms with E-state index in [0.717, 1.165) is 48.6 Å². The predicted molar refractivity (Wildman–Crippen MR) is 170 cm³/mol. The van der Waals surface area contributed by atoms with Gasteiger partial charge in [-0.3, -0.25) is 4.79 Å². The molecule has 0 aromatic heterocycles. The second-order valence-electron chi connectivity index (χ2n) is 9.94. The second-order valence-corrected chi connectivity index (χ2v) is 11.1. The fourth-order valence-electron chi connectivity index (χ4n) is 5.01. The number of benzene rings is 3. The Balaban J connectivity index is 1.30. The second kappa shape index (κ2) is 15.6. The van der Waals surface area contributed by atoms with E-state index in [4.69, 9.17) is 28.4 Å². The molecule has 10 heteroatoms. The van der Waals surface area contributed by atoms with Crippen LogP contribution in [-0.4, -0.2) is 79.1 Å². The SMILES string of the molecule is CCN(CCCCOc1ccc(OC)cc1C1Sc2ccccc2N(C)C1=O)CCOc1ccc(OC)c(OC)c1OC. The van der Waals surface area contributed by atoms with Gasteiger partial charge in [-0.05, 0) is 68.4 Å². The van der Waals surface area contributed by atoms with E-state index in [1.807, 2.05) is 61.6 Å². The number of unbranched alkanes of at least 4 members (excludes halogenated alkanes) is 1. The van der Waals surface area contributed by atoms with Gasteiger partial charge in [-0.25, -0.2) is 0 Å². The van der Waals surface area contributed by atoms with Crippen LogP contribution in [-0.2, 0) is 4.79 Å². The monoisotopic (exact) mass is 610 g/mol. The maximum absolute atomic E-state index is 13.4. The lowest BCUT2D eigenvalue weighted by molar-refractivity contribution is -0.118. The summed E-state index contributed by atoms with van der Waals surface area (Å²) in [5.74, 6) is 3.67. The van der Waals surface area contributed by atoms with Crippen LogP contribution in [0.15, 0.2) is 59.5 Å². The molecule has 1 aliphatic heterocycles. The van der Waals surface area contributed by atoms with E-state index >= 15 is 0 Å². The molecule has 0 N–H and O–H groups in total. The summed E-state index contributed by atoms with van der Waals surface area (Å²) < 4.78 is 34.1. The fraction of sp³-hybridized carbons (Fsp3) is 0.424. The van der Waals surface area contributed by atoms with Crippen molar-refractivity contribution in [1.82, 2.24) is 4.90 Å². The van der Waals surface area contributed by atoms with Gasteiger partial charge in [-0.15, -0.1) is 11.8 Å². The number of methoxy groups -OCH3 is 4. The van der Waals surface area contributed by atoms with E-state index in [1.54, 1.807) is 45.1 Å². The zero-order chi connectivity index (χ0) is 30.8. The average molecular weight is 611 g/mol. The third-order valence-corrected chi connectivity index (χ3v) is 8.72. The van der Waals surface area contributed by atoms with Crippen LogP contribution in [0.4, 0.5) is 5.69 Å². The van der Waals surface area contributed by atoms with Gasteiger partial charge in [-0.2, -0.15) is 0 Å². The number of carbonyl (C=O) groups excluding carboxylic acids is 1. The molecule has 0 saturated heterocycles. The van der Waals surface area contributed by atoms with Gasteiger partial charge < -0.3 is 38.2 Å². The van der Waals surface area contributed by atoms with E-state index in [9.17, 15) is 4.79 Å². The van der Waals surface area contributed by atoms with Crippen molar-refractivity contribution in [2.24, 2.45) is 0 Å². The molecular formula is C33H42N2O7S. The molecule has 0 bridgehead atoms. The lowest BCUT2D eigenvalue weighted by atomic mass is 10.1. The molecule has 1 unspecified atom stereocenters. The summed E-state index contributed by atoms with van der Waals surface area (Å²) in [5, 5.41) is -0.412. The topological polar surface area (TPSA) is 78.9 Å². The smallest absolute Gasteiger partial charge is 0.244 e. The quantitative estimate of drug-likeness (QED) is 0.179. The molecule has 9 nitrogen and oxygen atoms in total. The van der Waals surface area contributed by atoms with Gasteiger partial charge in [0.15, 0.2) is 11.5 Å². The maximum Gasteiger partial charge on any atom is 0.244 e. The Hall–Kier alpha value is -3.76. The van der Waals surface area contributed by atoms with Crippen LogP contribution < -0.4 is 33.3 Å². The van der Waals surface area contributed by atoms with Crippen LogP contribution in [0.2, 0.25) is 0 Å². The Morgan fingerprint density at radius 1 is 0.791 bits per heavy atom. The molecule has 1 heterocycles. The summed E-state index contributed by atoms with van der Waals surface area (Å²) in [7, 11) is 8.21. The minimum Gasteiger partial charge on any atom is -0.497 e. The highest BCUT2D eigenvalue weighted by Crippen LogP contribution is 2.49. The summed E-state index contributed by atoms with van der Waals surface area (Å²) in [4.78, 5) is 18.5. The molecule has 4 rings (SSSR count). The van der Waals surface area contributed by atoms with Crippen LogP contribution in [0.1, 0.15) is 30.6 Å². The standard InChI is InChI=1S/C33H42N2O7S/c1-7-35(19-21-42-28-17-16-27(38-4)30(39-5)31(28)40-6)18-10-11-20-41-26-15-14-23(37-3)22-24(26)32-33(36)34(2)25-12-8-9-13-29(25)43-32/h8-9,12-17,22,32H,7,10-11,18-21H2,1-6H3. The minimum absolute atomic E-state index is 0.0216. The van der Waals surface area contributed by atoms with E-state index < -0.39 is 5.25 Å². The van der Waals surface area contributed by atoms with Crippen LogP contribution in [0.5, 0.6) is 34.5 Å². The first-order chi connectivity index (χ1) is 20.9. The molecule has 3 aromatic rings. The first-order valence-corrected chi connectivity index (χ1v) is 15.3. The highest BCUT2D eigenvalue weighted by molar-refractivity contribution is 8.00. The third-order valence-electron chi connectivity index (χ3n) is 7.43. The first-order valence-electron chi connectivity index (χ1n) is 14.4. The van der Waals surface area contributed by atoms with Crippen molar-refractivity contribution in [2.45, 2.75) is 29.9 Å². The molecule has 1 amide bonds. The zero-order valence-electron chi connectivity index (χ0n) is 25.9. The van der Waals surface area contributed by atoms with Crippen molar-refractivity contribution in [1.29, 1.82) is 0 Å². The molecule has 232 valence electrons. The van der Waals surface area contributed by atoms with Crippen molar-refractivity contribution in [3.8, 4) is 34.5 Å². The van der Waals surface area contributed by atoms with Crippen molar-refractivity contribution in [3.63, 3.8) is 0 Å². The number of ether oxygens (including phenoxy) is 6. The number of amides is 1. The van der Waals surface area contributed by atoms with E-state index in [0.29, 0.717) is 47.7 Å². The van der Waals surface area contributed by atoms with Gasteiger partial charge in [0.05, 0.1) is 40.7 Å². The first kappa shape index (κ1) is 32.2. The Labute approximate surface area is 258 Å². The number of thioether (sulfide) groups is 1. The zero-order valence-corrected chi connectivity index (χ0v) is 26.7. The number of rotatable bonds is 16. The van der Waals surface area contributed by atoms with Gasteiger partial charge in [0.1, 0.15) is 23.4 Å². The summed E-state index contributed by atoms with van der Waals surface area (Å²) in [6, 6.07) is 17.3. The number of likely N-dealkylation sites (N-methyl/N-ethyl adjacent to an activating group) is 2. The summed E-state index contributed by atoms with van der Waals surface area (Å²) in [6.45, 7) is 5.80. The highest BCUT2D eigenvalue weighted by atomic mass is 32.2. The van der Waals surface area contributed by atoms with Crippen molar-refractivity contribution in [2.75, 3.05) is 73.2 Å². The van der Waals surface area contributed by atoms with E-state index in [-0.39, 0.29) is 5.91 Å². The molecule has 0 aliphatic carbocycles. The van der Waals surface area contributed by atoms with Crippen LogP contribution in [0, 0.1) is 0 Å². The number of nitrogens with zero attached hydrogens (tertiary/aromatic N) is 2. The number of fused-ring (bicyclic) bond motifs is 1. The van der Waals surface area contributed by atoms with Crippen LogP contribution >= 0.6 is 11.8 Å². The molecule has 1 aliphatic rings. The van der Waals surface area contributed by atoms with Crippen LogP contribution in [0.3, 0.4) is 0 Å². The molecule has 0 spiro atoms. The van der Waals surface area contributed by atoms with Crippen molar-refractivity contribution >= 4 is 23.4 Å². The Morgan fingerprint density at radius 2 is 1.49 bits per heavy atom. The molecule has 0 fully saturated rings. The lowest BCUT2D eigenvalue weighted by Gasteiger charge is -2.32. The van der Waals surface area contributed by atoms with Crippen molar-refractivity contribution in [3.05, 3.63) is 60.2 Å². The number of hydrogen-bond donors (Lipinski definition) is 0. The molecule has 0 saturated carbocycles. The lowest BCUT2D eigenvalue weighted by Crippen LogP contribution is -2.33. The maximum atomic E-state index is 13.4. The largest absolute Gasteiger partial charge is 0.497 e. The van der Waals surface area contributed by atoms with E-state index in [2.05, 4.69) is 11.8 Å². The third kappa shape index (κ3) is 7.61. The van der Waals surface area contributed by atoms with Gasteiger partial charge >= 0.3 is 0 Å². The molecule has 1 atom stereocenters. The number of anilines is 1. The highest BCUT2D eigenvalue weighted by Gasteiger charge is 2.34. The predicted octanol–water partition coefficient (Wildman–Crippen LogP) is 6.09. The fourth-order valence-corrected chi connectivity index (χ4v) is 6.32. The van der Waals surface area contributed by atoms with Crippen molar-refractivity contribution < 1.29 is 33.2 Å². The summed E-state index contributed by atoms with van der Waals surface area (Å²) in [6.07, 6.45) is 1.84.